The average Bonchev–Trinajstić information content (AvgIpc) is 2.72. The molecule has 0 spiro atoms. The maximum atomic E-state index is 10.8. The van der Waals surface area contributed by atoms with Crippen molar-refractivity contribution >= 4 is 11.8 Å². The van der Waals surface area contributed by atoms with E-state index in [1.807, 2.05) is 7.05 Å². The first-order chi connectivity index (χ1) is 8.16. The van der Waals surface area contributed by atoms with E-state index in [-0.39, 0.29) is 5.56 Å². The van der Waals surface area contributed by atoms with Gasteiger partial charge in [0.2, 0.25) is 0 Å². The molecule has 88 valence electrons. The molecule has 7 heteroatoms. The first-order valence-electron chi connectivity index (χ1n) is 4.93. The predicted molar refractivity (Wildman–Crippen MR) is 59.5 cm³/mol. The summed E-state index contributed by atoms with van der Waals surface area (Å²) in [6.07, 6.45) is 3.04. The van der Waals surface area contributed by atoms with E-state index in [2.05, 4.69) is 20.5 Å². The number of aromatic carboxylic acids is 1. The minimum Gasteiger partial charge on any atom is -0.478 e. The molecule has 0 aliphatic carbocycles. The van der Waals surface area contributed by atoms with Gasteiger partial charge in [-0.15, -0.1) is 10.2 Å². The molecule has 0 saturated carbocycles. The van der Waals surface area contributed by atoms with E-state index in [0.717, 1.165) is 5.82 Å². The lowest BCUT2D eigenvalue weighted by Gasteiger charge is -2.05. The fourth-order valence-electron chi connectivity index (χ4n) is 1.30. The van der Waals surface area contributed by atoms with Crippen LogP contribution in [-0.2, 0) is 13.6 Å². The van der Waals surface area contributed by atoms with Gasteiger partial charge in [-0.05, 0) is 12.1 Å². The van der Waals surface area contributed by atoms with Gasteiger partial charge in [0.25, 0.3) is 0 Å². The van der Waals surface area contributed by atoms with Gasteiger partial charge >= 0.3 is 5.97 Å². The van der Waals surface area contributed by atoms with E-state index in [0.29, 0.717) is 12.4 Å². The number of pyridine rings is 1. The van der Waals surface area contributed by atoms with Crippen molar-refractivity contribution in [1.29, 1.82) is 0 Å². The first-order valence-corrected chi connectivity index (χ1v) is 4.93. The smallest absolute Gasteiger partial charge is 0.335 e. The second-order valence-corrected chi connectivity index (χ2v) is 3.45. The third kappa shape index (κ3) is 2.57. The fourth-order valence-corrected chi connectivity index (χ4v) is 1.30. The molecule has 17 heavy (non-hydrogen) atoms. The number of aromatic nitrogens is 4. The molecule has 0 bridgehead atoms. The maximum absolute atomic E-state index is 10.8. The number of hydrogen-bond donors (Lipinski definition) is 2. The summed E-state index contributed by atoms with van der Waals surface area (Å²) in [6.45, 7) is 0.437. The summed E-state index contributed by atoms with van der Waals surface area (Å²) in [5, 5.41) is 19.4. The zero-order valence-electron chi connectivity index (χ0n) is 9.16. The van der Waals surface area contributed by atoms with Crippen LogP contribution in [0.15, 0.2) is 24.7 Å². The number of carboxylic acids is 1. The van der Waals surface area contributed by atoms with Crippen LogP contribution in [0.4, 0.5) is 5.82 Å². The highest BCUT2D eigenvalue weighted by molar-refractivity contribution is 5.88. The van der Waals surface area contributed by atoms with Gasteiger partial charge in [-0.3, -0.25) is 0 Å². The molecule has 0 radical (unpaired) electrons. The summed E-state index contributed by atoms with van der Waals surface area (Å²) in [7, 11) is 1.83. The second kappa shape index (κ2) is 4.60. The molecule has 0 unspecified atom stereocenters. The molecule has 0 aliphatic rings. The van der Waals surface area contributed by atoms with Gasteiger partial charge in [0.1, 0.15) is 12.1 Å². The number of anilines is 1. The molecule has 0 amide bonds. The molecular weight excluding hydrogens is 222 g/mol. The van der Waals surface area contributed by atoms with Crippen LogP contribution in [0.5, 0.6) is 0 Å². The van der Waals surface area contributed by atoms with Crippen LogP contribution in [0.25, 0.3) is 0 Å². The van der Waals surface area contributed by atoms with Crippen molar-refractivity contribution in [2.45, 2.75) is 6.54 Å². The monoisotopic (exact) mass is 233 g/mol. The first kappa shape index (κ1) is 11.1. The van der Waals surface area contributed by atoms with E-state index >= 15 is 0 Å². The molecule has 0 atom stereocenters. The van der Waals surface area contributed by atoms with Crippen molar-refractivity contribution in [2.24, 2.45) is 7.05 Å². The molecule has 7 nitrogen and oxygen atoms in total. The van der Waals surface area contributed by atoms with Crippen LogP contribution >= 0.6 is 0 Å². The number of nitrogens with zero attached hydrogens (tertiary/aromatic N) is 4. The summed E-state index contributed by atoms with van der Waals surface area (Å²) < 4.78 is 1.77. The summed E-state index contributed by atoms with van der Waals surface area (Å²) >= 11 is 0. The third-order valence-electron chi connectivity index (χ3n) is 2.24. The van der Waals surface area contributed by atoms with E-state index in [9.17, 15) is 4.79 Å². The van der Waals surface area contributed by atoms with Gasteiger partial charge in [-0.2, -0.15) is 0 Å². The number of nitrogens with one attached hydrogen (secondary N) is 1. The van der Waals surface area contributed by atoms with Crippen molar-refractivity contribution in [3.8, 4) is 0 Å². The molecule has 0 aliphatic heterocycles. The van der Waals surface area contributed by atoms with E-state index < -0.39 is 5.97 Å². The Bertz CT molecular complexity index is 537. The Balaban J connectivity index is 2.07. The topological polar surface area (TPSA) is 92.9 Å². The molecule has 2 rings (SSSR count). The molecule has 0 fully saturated rings. The summed E-state index contributed by atoms with van der Waals surface area (Å²) in [6, 6.07) is 2.91. The number of aryl methyl sites for hydroxylation is 1. The number of carbonyl (C=O) groups is 1. The third-order valence-corrected chi connectivity index (χ3v) is 2.24. The maximum Gasteiger partial charge on any atom is 0.335 e. The van der Waals surface area contributed by atoms with Crippen LogP contribution in [0.2, 0.25) is 0 Å². The Kier molecular flexibility index (Phi) is 2.99. The van der Waals surface area contributed by atoms with Crippen molar-refractivity contribution in [2.75, 3.05) is 5.32 Å². The Morgan fingerprint density at radius 1 is 1.59 bits per heavy atom. The zero-order chi connectivity index (χ0) is 12.3. The highest BCUT2D eigenvalue weighted by Crippen LogP contribution is 2.07. The lowest BCUT2D eigenvalue weighted by Crippen LogP contribution is -2.07. The van der Waals surface area contributed by atoms with Crippen LogP contribution < -0.4 is 5.32 Å². The van der Waals surface area contributed by atoms with Gasteiger partial charge in [0.15, 0.2) is 5.82 Å². The van der Waals surface area contributed by atoms with Crippen molar-refractivity contribution in [1.82, 2.24) is 19.7 Å². The lowest BCUT2D eigenvalue weighted by molar-refractivity contribution is 0.0697. The van der Waals surface area contributed by atoms with E-state index in [1.165, 1.54) is 18.3 Å². The predicted octanol–water partition coefficient (Wildman–Crippen LogP) is 0.520. The van der Waals surface area contributed by atoms with E-state index in [4.69, 9.17) is 5.11 Å². The molecular formula is C10H11N5O2. The molecule has 0 aromatic carbocycles. The number of carboxylic acid groups (broad SMARTS) is 1. The van der Waals surface area contributed by atoms with Gasteiger partial charge in [-0.25, -0.2) is 9.78 Å². The second-order valence-electron chi connectivity index (χ2n) is 3.45. The molecule has 0 saturated heterocycles. The Labute approximate surface area is 97.1 Å². The minimum atomic E-state index is -0.978. The Hall–Kier alpha value is -2.44. The normalized spacial score (nSPS) is 10.2. The molecule has 2 N–H and O–H groups in total. The van der Waals surface area contributed by atoms with Crippen molar-refractivity contribution < 1.29 is 9.90 Å². The molecule has 2 heterocycles. The lowest BCUT2D eigenvalue weighted by atomic mass is 10.2. The summed E-state index contributed by atoms with van der Waals surface area (Å²) in [5.74, 6) is 0.259. The molecule has 2 aromatic heterocycles. The number of hydrogen-bond acceptors (Lipinski definition) is 5. The standard InChI is InChI=1S/C10H11N5O2/c1-15-6-13-14-9(15)5-12-8-4-7(10(16)17)2-3-11-8/h2-4,6H,5H2,1H3,(H,11,12)(H,16,17). The highest BCUT2D eigenvalue weighted by atomic mass is 16.4. The van der Waals surface area contributed by atoms with Crippen LogP contribution in [0.3, 0.4) is 0 Å². The van der Waals surface area contributed by atoms with Crippen LogP contribution in [0.1, 0.15) is 16.2 Å². The fraction of sp³-hybridized carbons (Fsp3) is 0.200. The Morgan fingerprint density at radius 3 is 3.06 bits per heavy atom. The van der Waals surface area contributed by atoms with Crippen molar-refractivity contribution in [3.63, 3.8) is 0 Å². The average molecular weight is 233 g/mol. The van der Waals surface area contributed by atoms with Crippen LogP contribution in [-0.4, -0.2) is 30.8 Å². The van der Waals surface area contributed by atoms with Crippen LogP contribution in [0, 0.1) is 0 Å². The zero-order valence-corrected chi connectivity index (χ0v) is 9.16. The quantitative estimate of drug-likeness (QED) is 0.799. The van der Waals surface area contributed by atoms with Gasteiger partial charge in [-0.1, -0.05) is 0 Å². The van der Waals surface area contributed by atoms with Crippen molar-refractivity contribution in [3.05, 3.63) is 36.0 Å². The molecule has 2 aromatic rings. The minimum absolute atomic E-state index is 0.195. The van der Waals surface area contributed by atoms with E-state index in [1.54, 1.807) is 10.9 Å². The largest absolute Gasteiger partial charge is 0.478 e. The SMILES string of the molecule is Cn1cnnc1CNc1cc(C(=O)O)ccn1. The number of rotatable bonds is 4. The Morgan fingerprint density at radius 2 is 2.41 bits per heavy atom. The van der Waals surface area contributed by atoms with Gasteiger partial charge in [0.05, 0.1) is 12.1 Å². The highest BCUT2D eigenvalue weighted by Gasteiger charge is 2.05. The summed E-state index contributed by atoms with van der Waals surface area (Å²) in [5.41, 5.74) is 0.195. The van der Waals surface area contributed by atoms with Gasteiger partial charge in [0, 0.05) is 13.2 Å². The summed E-state index contributed by atoms with van der Waals surface area (Å²) in [4.78, 5) is 14.8. The van der Waals surface area contributed by atoms with Gasteiger partial charge < -0.3 is 15.0 Å².